The molecule has 1 aromatic carbocycles. The first kappa shape index (κ1) is 17.3. The molecule has 0 bridgehead atoms. The van der Waals surface area contributed by atoms with Crippen LogP contribution in [0.2, 0.25) is 0 Å². The molecule has 0 aliphatic carbocycles. The zero-order chi connectivity index (χ0) is 18.2. The minimum absolute atomic E-state index is 0.0747. The highest BCUT2D eigenvalue weighted by Gasteiger charge is 2.23. The van der Waals surface area contributed by atoms with Crippen LogP contribution in [0.3, 0.4) is 0 Å². The highest BCUT2D eigenvalue weighted by Crippen LogP contribution is 2.33. The maximum atomic E-state index is 12.3. The van der Waals surface area contributed by atoms with Crippen molar-refractivity contribution < 1.29 is 9.53 Å². The summed E-state index contributed by atoms with van der Waals surface area (Å²) in [5, 5.41) is 16.6. The number of fused-ring (bicyclic) bond motifs is 1. The fraction of sp³-hybridized carbons (Fsp3) is 0.412. The molecule has 0 aliphatic heterocycles. The molecule has 3 rings (SSSR count). The Balaban J connectivity index is 2.00. The lowest BCUT2D eigenvalue weighted by molar-refractivity contribution is -0.123. The lowest BCUT2D eigenvalue weighted by Gasteiger charge is -2.19. The third-order valence-electron chi connectivity index (χ3n) is 3.75. The van der Waals surface area contributed by atoms with E-state index in [1.54, 1.807) is 11.6 Å². The molecule has 3 aromatic rings. The molecular weight excluding hydrogens is 338 g/mol. The Hall–Kier alpha value is -2.48. The van der Waals surface area contributed by atoms with E-state index in [4.69, 9.17) is 4.74 Å². The number of nitrogens with zero attached hydrogens (tertiary/aromatic N) is 4. The van der Waals surface area contributed by atoms with Gasteiger partial charge in [-0.25, -0.2) is 0 Å². The van der Waals surface area contributed by atoms with Crippen LogP contribution in [0.4, 0.5) is 5.69 Å². The van der Waals surface area contributed by atoms with E-state index < -0.39 is 5.41 Å². The predicted octanol–water partition coefficient (Wildman–Crippen LogP) is 3.41. The lowest BCUT2D eigenvalue weighted by Crippen LogP contribution is -2.27. The van der Waals surface area contributed by atoms with Gasteiger partial charge in [0.05, 0.1) is 12.8 Å². The van der Waals surface area contributed by atoms with Crippen LogP contribution in [-0.2, 0) is 11.2 Å². The zero-order valence-electron chi connectivity index (χ0n) is 15.0. The van der Waals surface area contributed by atoms with Gasteiger partial charge in [-0.2, -0.15) is 9.61 Å². The summed E-state index contributed by atoms with van der Waals surface area (Å²) < 4.78 is 7.13. The van der Waals surface area contributed by atoms with Crippen LogP contribution in [0.5, 0.6) is 5.75 Å². The normalized spacial score (nSPS) is 11.7. The number of nitrogens with one attached hydrogen (secondary N) is 1. The molecule has 25 heavy (non-hydrogen) atoms. The summed E-state index contributed by atoms with van der Waals surface area (Å²) in [6, 6.07) is 5.62. The van der Waals surface area contributed by atoms with E-state index in [9.17, 15) is 4.79 Å². The largest absolute Gasteiger partial charge is 0.495 e. The smallest absolute Gasteiger partial charge is 0.234 e. The topological polar surface area (TPSA) is 81.4 Å². The van der Waals surface area contributed by atoms with E-state index >= 15 is 0 Å². The number of methoxy groups -OCH3 is 1. The van der Waals surface area contributed by atoms with Crippen molar-refractivity contribution in [1.82, 2.24) is 19.8 Å². The number of ether oxygens (including phenoxy) is 1. The van der Waals surface area contributed by atoms with E-state index in [0.29, 0.717) is 11.4 Å². The van der Waals surface area contributed by atoms with E-state index in [1.165, 1.54) is 11.3 Å². The lowest BCUT2D eigenvalue weighted by atomic mass is 9.95. The molecule has 0 aliphatic rings. The van der Waals surface area contributed by atoms with Crippen LogP contribution in [-0.4, -0.2) is 32.8 Å². The van der Waals surface area contributed by atoms with Crippen LogP contribution in [0.1, 0.15) is 33.5 Å². The number of rotatable bonds is 4. The standard InChI is InChI=1S/C17H21N5O2S/c1-6-13-19-20-16-22(13)21-14(25-16)10-7-8-12(24-5)11(9-10)18-15(23)17(2,3)4/h7-9H,6H2,1-5H3,(H,18,23). The Bertz CT molecular complexity index is 923. The molecular formula is C17H21N5O2S. The van der Waals surface area contributed by atoms with Gasteiger partial charge in [0.25, 0.3) is 0 Å². The minimum atomic E-state index is -0.495. The first-order chi connectivity index (χ1) is 11.8. The molecule has 0 unspecified atom stereocenters. The van der Waals surface area contributed by atoms with Crippen LogP contribution in [0.25, 0.3) is 15.5 Å². The summed E-state index contributed by atoms with van der Waals surface area (Å²) in [5.74, 6) is 1.36. The van der Waals surface area contributed by atoms with Crippen LogP contribution >= 0.6 is 11.3 Å². The van der Waals surface area contributed by atoms with E-state index in [-0.39, 0.29) is 5.91 Å². The van der Waals surface area contributed by atoms with Gasteiger partial charge >= 0.3 is 0 Å². The Morgan fingerprint density at radius 2 is 2.08 bits per heavy atom. The molecule has 8 heteroatoms. The molecule has 0 saturated heterocycles. The van der Waals surface area contributed by atoms with Gasteiger partial charge in [-0.05, 0) is 18.2 Å². The van der Waals surface area contributed by atoms with Gasteiger partial charge < -0.3 is 10.1 Å². The number of aryl methyl sites for hydroxylation is 1. The average molecular weight is 359 g/mol. The van der Waals surface area contributed by atoms with Crippen molar-refractivity contribution in [3.63, 3.8) is 0 Å². The number of hydrogen-bond acceptors (Lipinski definition) is 6. The fourth-order valence-corrected chi connectivity index (χ4v) is 3.10. The number of carbonyl (C=O) groups is 1. The molecule has 0 fully saturated rings. The first-order valence-corrected chi connectivity index (χ1v) is 8.86. The summed E-state index contributed by atoms with van der Waals surface area (Å²) in [4.78, 5) is 13.1. The summed E-state index contributed by atoms with van der Waals surface area (Å²) in [5.41, 5.74) is 1.02. The molecule has 132 valence electrons. The number of hydrogen-bond donors (Lipinski definition) is 1. The molecule has 7 nitrogen and oxygen atoms in total. The average Bonchev–Trinajstić information content (AvgIpc) is 3.14. The maximum absolute atomic E-state index is 12.3. The second-order valence-electron chi connectivity index (χ2n) is 6.69. The summed E-state index contributed by atoms with van der Waals surface area (Å²) in [6.45, 7) is 7.62. The highest BCUT2D eigenvalue weighted by molar-refractivity contribution is 7.19. The molecule has 0 spiro atoms. The van der Waals surface area contributed by atoms with Gasteiger partial charge in [0, 0.05) is 17.4 Å². The first-order valence-electron chi connectivity index (χ1n) is 8.04. The second-order valence-corrected chi connectivity index (χ2v) is 7.65. The van der Waals surface area contributed by atoms with Gasteiger partial charge in [0.1, 0.15) is 10.8 Å². The maximum Gasteiger partial charge on any atom is 0.234 e. The summed E-state index contributed by atoms with van der Waals surface area (Å²) >= 11 is 1.46. The number of anilines is 1. The van der Waals surface area contributed by atoms with Crippen molar-refractivity contribution in [3.8, 4) is 16.3 Å². The number of benzene rings is 1. The highest BCUT2D eigenvalue weighted by atomic mass is 32.1. The van der Waals surface area contributed by atoms with Crippen LogP contribution in [0, 0.1) is 5.41 Å². The SMILES string of the molecule is CCc1nnc2sc(-c3ccc(OC)c(NC(=O)C(C)(C)C)c3)nn12. The molecule has 1 N–H and O–H groups in total. The summed E-state index contributed by atoms with van der Waals surface area (Å²) in [7, 11) is 1.58. The van der Waals surface area contributed by atoms with Gasteiger partial charge in [0.15, 0.2) is 5.82 Å². The number of amides is 1. The Kier molecular flexibility index (Phi) is 4.47. The molecule has 0 radical (unpaired) electrons. The van der Waals surface area contributed by atoms with Crippen molar-refractivity contribution in [2.24, 2.45) is 5.41 Å². The quantitative estimate of drug-likeness (QED) is 0.772. The van der Waals surface area contributed by atoms with Crippen molar-refractivity contribution in [1.29, 1.82) is 0 Å². The summed E-state index contributed by atoms with van der Waals surface area (Å²) in [6.07, 6.45) is 0.764. The fourth-order valence-electron chi connectivity index (χ4n) is 2.24. The monoisotopic (exact) mass is 359 g/mol. The molecule has 0 saturated carbocycles. The van der Waals surface area contributed by atoms with E-state index in [0.717, 1.165) is 27.8 Å². The van der Waals surface area contributed by atoms with E-state index in [1.807, 2.05) is 45.9 Å². The number of carbonyl (C=O) groups excluding carboxylic acids is 1. The van der Waals surface area contributed by atoms with Crippen molar-refractivity contribution in [2.75, 3.05) is 12.4 Å². The Morgan fingerprint density at radius 1 is 1.32 bits per heavy atom. The van der Waals surface area contributed by atoms with Crippen molar-refractivity contribution in [3.05, 3.63) is 24.0 Å². The number of aromatic nitrogens is 4. The third-order valence-corrected chi connectivity index (χ3v) is 4.70. The van der Waals surface area contributed by atoms with Gasteiger partial charge in [-0.3, -0.25) is 4.79 Å². The zero-order valence-corrected chi connectivity index (χ0v) is 15.8. The Labute approximate surface area is 150 Å². The van der Waals surface area contributed by atoms with Gasteiger partial charge in [-0.1, -0.05) is 39.0 Å². The second kappa shape index (κ2) is 6.44. The Morgan fingerprint density at radius 3 is 2.72 bits per heavy atom. The van der Waals surface area contributed by atoms with Crippen LogP contribution < -0.4 is 10.1 Å². The van der Waals surface area contributed by atoms with Gasteiger partial charge in [0.2, 0.25) is 10.9 Å². The van der Waals surface area contributed by atoms with Crippen LogP contribution in [0.15, 0.2) is 18.2 Å². The van der Waals surface area contributed by atoms with E-state index in [2.05, 4.69) is 20.6 Å². The molecule has 1 amide bonds. The van der Waals surface area contributed by atoms with Crippen molar-refractivity contribution in [2.45, 2.75) is 34.1 Å². The van der Waals surface area contributed by atoms with Gasteiger partial charge in [-0.15, -0.1) is 10.2 Å². The third kappa shape index (κ3) is 3.34. The predicted molar refractivity (Wildman–Crippen MR) is 98.1 cm³/mol. The molecule has 0 atom stereocenters. The van der Waals surface area contributed by atoms with Crippen molar-refractivity contribution >= 4 is 27.9 Å². The minimum Gasteiger partial charge on any atom is -0.495 e. The molecule has 2 aromatic heterocycles. The molecule has 2 heterocycles.